The molecule has 15 heteroatoms. The van der Waals surface area contributed by atoms with Gasteiger partial charge in [-0.2, -0.15) is 0 Å². The van der Waals surface area contributed by atoms with Crippen LogP contribution < -0.4 is 10.0 Å². The van der Waals surface area contributed by atoms with Crippen LogP contribution in [-0.2, 0) is 51.8 Å². The molecule has 4 amide bonds. The summed E-state index contributed by atoms with van der Waals surface area (Å²) in [6, 6.07) is 4.20. The Balaban J connectivity index is 1.25. The zero-order valence-electron chi connectivity index (χ0n) is 29.3. The number of hydrogen-bond acceptors (Lipinski definition) is 9. The number of amides is 4. The number of ether oxygens (including phenoxy) is 2. The molecule has 2 aliphatic heterocycles. The van der Waals surface area contributed by atoms with Crippen molar-refractivity contribution in [3.8, 4) is 0 Å². The van der Waals surface area contributed by atoms with E-state index in [0.29, 0.717) is 30.7 Å². The highest BCUT2D eigenvalue weighted by Gasteiger charge is 2.62. The van der Waals surface area contributed by atoms with Crippen LogP contribution in [0.15, 0.2) is 30.9 Å². The molecule has 2 heterocycles. The number of carbonyl (C=O) groups excluding carboxylic acids is 5. The predicted molar refractivity (Wildman–Crippen MR) is 186 cm³/mol. The maximum absolute atomic E-state index is 14.6. The summed E-state index contributed by atoms with van der Waals surface area (Å²) >= 11 is 6.36. The summed E-state index contributed by atoms with van der Waals surface area (Å²) in [5, 5.41) is 2.63. The maximum Gasteiger partial charge on any atom is 0.410 e. The molecule has 3 aliphatic carbocycles. The minimum absolute atomic E-state index is 0.104. The summed E-state index contributed by atoms with van der Waals surface area (Å²) in [6.45, 7) is 9.26. The van der Waals surface area contributed by atoms with Gasteiger partial charge in [-0.25, -0.2) is 13.2 Å². The van der Waals surface area contributed by atoms with Crippen molar-refractivity contribution in [1.29, 1.82) is 0 Å². The molecule has 5 atom stereocenters. The summed E-state index contributed by atoms with van der Waals surface area (Å²) in [5.74, 6) is -4.92. The van der Waals surface area contributed by atoms with Crippen molar-refractivity contribution in [1.82, 2.24) is 19.8 Å². The van der Waals surface area contributed by atoms with Crippen LogP contribution in [0.5, 0.6) is 0 Å². The maximum atomic E-state index is 14.6. The molecular weight excluding hydrogens is 700 g/mol. The highest BCUT2D eigenvalue weighted by atomic mass is 35.5. The minimum atomic E-state index is -3.91. The Kier molecular flexibility index (Phi) is 10.2. The van der Waals surface area contributed by atoms with Crippen LogP contribution in [0.25, 0.3) is 0 Å². The van der Waals surface area contributed by atoms with E-state index < -0.39 is 80.2 Å². The monoisotopic (exact) mass is 746 g/mol. The first kappa shape index (κ1) is 37.1. The number of fused-ring (bicyclic) bond motifs is 1. The standard InChI is InChI=1S/C36H47ClN4O9S/c1-5-23-17-36(23,33(45)39-51(47,48)25-14-15-25)38-30(42)28-16-24(49-34(46)40-18-22-12-9-13-27(37)26(22)20-40)19-41(28)31(43)29(21-10-7-6-8-11-21)32(44)50-35(2,3)4/h5,9,12-13,21,23-25,28-29H,1,6-8,10-11,14-20H2,2-4H3,(H,38,42)(H,39,45)/t23-,24?,28?,29?,36-/m1/s1. The van der Waals surface area contributed by atoms with Gasteiger partial charge in [-0.1, -0.05) is 49.1 Å². The van der Waals surface area contributed by atoms with E-state index in [4.69, 9.17) is 21.1 Å². The SMILES string of the molecule is C=C[C@@H]1C[C@]1(NC(=O)C1CC(OC(=O)N2Cc3cccc(Cl)c3C2)CN1C(=O)C(C(=O)OC(C)(C)C)C1CCCCC1)C(=O)NS(=O)(=O)C1CC1. The first-order valence-electron chi connectivity index (χ1n) is 17.8. The molecule has 3 saturated carbocycles. The van der Waals surface area contributed by atoms with Crippen molar-refractivity contribution in [3.63, 3.8) is 0 Å². The van der Waals surface area contributed by atoms with Crippen LogP contribution in [0, 0.1) is 17.8 Å². The molecule has 3 unspecified atom stereocenters. The molecule has 278 valence electrons. The Morgan fingerprint density at radius 2 is 1.76 bits per heavy atom. The van der Waals surface area contributed by atoms with E-state index in [-0.39, 0.29) is 38.4 Å². The number of nitrogens with one attached hydrogen (secondary N) is 2. The van der Waals surface area contributed by atoms with Gasteiger partial charge in [0.1, 0.15) is 29.2 Å². The lowest BCUT2D eigenvalue weighted by atomic mass is 9.79. The lowest BCUT2D eigenvalue weighted by Crippen LogP contribution is -2.57. The minimum Gasteiger partial charge on any atom is -0.459 e. The van der Waals surface area contributed by atoms with Crippen molar-refractivity contribution >= 4 is 51.4 Å². The molecule has 0 spiro atoms. The lowest BCUT2D eigenvalue weighted by Gasteiger charge is -2.34. The van der Waals surface area contributed by atoms with E-state index in [0.717, 1.165) is 30.4 Å². The smallest absolute Gasteiger partial charge is 0.410 e. The molecule has 6 rings (SSSR count). The normalized spacial score (nSPS) is 26.9. The quantitative estimate of drug-likeness (QED) is 0.205. The lowest BCUT2D eigenvalue weighted by molar-refractivity contribution is -0.169. The molecule has 1 saturated heterocycles. The molecule has 0 radical (unpaired) electrons. The zero-order valence-corrected chi connectivity index (χ0v) is 30.9. The Morgan fingerprint density at radius 1 is 1.06 bits per heavy atom. The third-order valence-corrected chi connectivity index (χ3v) is 12.8. The Morgan fingerprint density at radius 3 is 2.37 bits per heavy atom. The van der Waals surface area contributed by atoms with Gasteiger partial charge in [0.15, 0.2) is 0 Å². The number of halogens is 1. The summed E-state index contributed by atoms with van der Waals surface area (Å²) in [6.07, 6.45) is 4.76. The molecule has 4 fully saturated rings. The summed E-state index contributed by atoms with van der Waals surface area (Å²) in [7, 11) is -3.91. The second kappa shape index (κ2) is 14.1. The largest absolute Gasteiger partial charge is 0.459 e. The molecule has 0 aromatic heterocycles. The first-order valence-corrected chi connectivity index (χ1v) is 19.7. The molecule has 0 bridgehead atoms. The van der Waals surface area contributed by atoms with Gasteiger partial charge in [0.25, 0.3) is 5.91 Å². The summed E-state index contributed by atoms with van der Waals surface area (Å²) < 4.78 is 39.1. The van der Waals surface area contributed by atoms with E-state index in [1.54, 1.807) is 32.9 Å². The number of benzene rings is 1. The van der Waals surface area contributed by atoms with E-state index in [2.05, 4.69) is 16.6 Å². The molecular formula is C36H47ClN4O9S. The number of hydrogen-bond donors (Lipinski definition) is 2. The Hall–Kier alpha value is -3.65. The highest BCUT2D eigenvalue weighted by Crippen LogP contribution is 2.46. The van der Waals surface area contributed by atoms with Gasteiger partial charge in [-0.3, -0.25) is 28.8 Å². The van der Waals surface area contributed by atoms with Crippen molar-refractivity contribution in [3.05, 3.63) is 47.0 Å². The van der Waals surface area contributed by atoms with Gasteiger partial charge in [0, 0.05) is 23.9 Å². The fourth-order valence-electron chi connectivity index (χ4n) is 7.63. The van der Waals surface area contributed by atoms with Crippen molar-refractivity contribution in [2.45, 2.75) is 120 Å². The van der Waals surface area contributed by atoms with E-state index in [9.17, 15) is 32.4 Å². The fraction of sp³-hybridized carbons (Fsp3) is 0.639. The first-order chi connectivity index (χ1) is 24.0. The van der Waals surface area contributed by atoms with Gasteiger partial charge < -0.3 is 19.7 Å². The van der Waals surface area contributed by atoms with Gasteiger partial charge in [-0.05, 0) is 76.0 Å². The average molecular weight is 747 g/mol. The number of rotatable bonds is 10. The second-order valence-corrected chi connectivity index (χ2v) is 17.9. The van der Waals surface area contributed by atoms with Crippen LogP contribution in [-0.4, -0.2) is 83.1 Å². The van der Waals surface area contributed by atoms with E-state index >= 15 is 0 Å². The Labute approximate surface area is 303 Å². The van der Waals surface area contributed by atoms with Crippen LogP contribution in [0.1, 0.15) is 89.7 Å². The van der Waals surface area contributed by atoms with Crippen molar-refractivity contribution in [2.24, 2.45) is 17.8 Å². The predicted octanol–water partition coefficient (Wildman–Crippen LogP) is 3.97. The fourth-order valence-corrected chi connectivity index (χ4v) is 9.25. The molecule has 1 aromatic rings. The van der Waals surface area contributed by atoms with Gasteiger partial charge in [-0.15, -0.1) is 6.58 Å². The number of carbonyl (C=O) groups is 5. The third kappa shape index (κ3) is 7.91. The van der Waals surface area contributed by atoms with Crippen LogP contribution in [0.2, 0.25) is 5.02 Å². The Bertz CT molecular complexity index is 1720. The van der Waals surface area contributed by atoms with Gasteiger partial charge in [0.05, 0.1) is 18.3 Å². The second-order valence-electron chi connectivity index (χ2n) is 15.6. The zero-order chi connectivity index (χ0) is 36.9. The number of sulfonamides is 1. The molecule has 2 N–H and O–H groups in total. The molecule has 13 nitrogen and oxygen atoms in total. The summed E-state index contributed by atoms with van der Waals surface area (Å²) in [4.78, 5) is 72.1. The van der Waals surface area contributed by atoms with Crippen LogP contribution in [0.4, 0.5) is 4.79 Å². The topological polar surface area (TPSA) is 168 Å². The van der Waals surface area contributed by atoms with Gasteiger partial charge >= 0.3 is 12.1 Å². The van der Waals surface area contributed by atoms with Crippen molar-refractivity contribution < 1.29 is 41.9 Å². The van der Waals surface area contributed by atoms with Crippen LogP contribution in [0.3, 0.4) is 0 Å². The van der Waals surface area contributed by atoms with Gasteiger partial charge in [0.2, 0.25) is 21.8 Å². The summed E-state index contributed by atoms with van der Waals surface area (Å²) in [5.41, 5.74) is -0.746. The van der Waals surface area contributed by atoms with E-state index in [1.165, 1.54) is 15.9 Å². The number of esters is 1. The third-order valence-electron chi connectivity index (χ3n) is 10.6. The van der Waals surface area contributed by atoms with Crippen molar-refractivity contribution in [2.75, 3.05) is 6.54 Å². The highest BCUT2D eigenvalue weighted by molar-refractivity contribution is 7.91. The molecule has 51 heavy (non-hydrogen) atoms. The number of likely N-dealkylation sites (tertiary alicyclic amines) is 1. The average Bonchev–Trinajstić information content (AvgIpc) is 3.95. The number of nitrogens with zero attached hydrogens (tertiary/aromatic N) is 2. The molecule has 5 aliphatic rings. The van der Waals surface area contributed by atoms with Crippen LogP contribution >= 0.6 is 11.6 Å². The molecule has 1 aromatic carbocycles. The van der Waals surface area contributed by atoms with E-state index in [1.807, 2.05) is 6.07 Å².